The van der Waals surface area contributed by atoms with E-state index in [-0.39, 0.29) is 4.91 Å². The summed E-state index contributed by atoms with van der Waals surface area (Å²) in [7, 11) is -5.91. The molecule has 0 heterocycles. The Morgan fingerprint density at radius 2 is 1.88 bits per heavy atom. The van der Waals surface area contributed by atoms with Crippen molar-refractivity contribution in [1.29, 1.82) is 0 Å². The van der Waals surface area contributed by atoms with Gasteiger partial charge in [-0.3, -0.25) is 4.55 Å². The molecule has 0 unspecified atom stereocenters. The lowest BCUT2D eigenvalue weighted by Crippen LogP contribution is -2.25. The van der Waals surface area contributed by atoms with Gasteiger partial charge in [0.1, 0.15) is 4.91 Å². The average Bonchev–Trinajstić information content (AvgIpc) is 2.53. The minimum absolute atomic E-state index is 0.117. The van der Waals surface area contributed by atoms with Crippen molar-refractivity contribution < 1.29 is 13.0 Å². The second-order valence-corrected chi connectivity index (χ2v) is 11.4. The third-order valence-corrected chi connectivity index (χ3v) is 5.85. The summed E-state index contributed by atoms with van der Waals surface area (Å²) in [6.45, 7) is 6.20. The molecule has 0 saturated heterocycles. The summed E-state index contributed by atoms with van der Waals surface area (Å²) in [6.07, 6.45) is 7.30. The first-order valence-electron chi connectivity index (χ1n) is 5.04. The number of allylic oxidation sites excluding steroid dienone is 7. The zero-order valence-corrected chi connectivity index (χ0v) is 11.3. The maximum atomic E-state index is 11.5. The molecular formula is C11H14O3SSi. The van der Waals surface area contributed by atoms with Crippen molar-refractivity contribution in [2.24, 2.45) is 0 Å². The maximum absolute atomic E-state index is 11.5. The van der Waals surface area contributed by atoms with Crippen LogP contribution in [0.15, 0.2) is 45.6 Å². The van der Waals surface area contributed by atoms with Gasteiger partial charge in [0, 0.05) is 5.57 Å². The SMILES string of the molecule is C[Si](C)(C)C1=C(S(=O)(=O)O)C2=CC=CC2=C1. The fraction of sp³-hybridized carbons (Fsp3) is 0.273. The van der Waals surface area contributed by atoms with Crippen molar-refractivity contribution in [1.82, 2.24) is 0 Å². The lowest BCUT2D eigenvalue weighted by atomic mass is 10.2. The van der Waals surface area contributed by atoms with Crippen LogP contribution in [0, 0.1) is 0 Å². The van der Waals surface area contributed by atoms with Crippen molar-refractivity contribution in [2.45, 2.75) is 19.6 Å². The Hall–Kier alpha value is -0.913. The highest BCUT2D eigenvalue weighted by Gasteiger charge is 2.35. The first-order chi connectivity index (χ1) is 7.21. The molecule has 0 amide bonds. The van der Waals surface area contributed by atoms with E-state index < -0.39 is 18.2 Å². The molecule has 0 spiro atoms. The van der Waals surface area contributed by atoms with E-state index in [0.717, 1.165) is 10.8 Å². The first kappa shape index (κ1) is 11.6. The van der Waals surface area contributed by atoms with Crippen LogP contribution in [0.3, 0.4) is 0 Å². The first-order valence-corrected chi connectivity index (χ1v) is 9.98. The minimum Gasteiger partial charge on any atom is -0.282 e. The summed E-state index contributed by atoms with van der Waals surface area (Å²) in [6, 6.07) is 0. The van der Waals surface area contributed by atoms with E-state index in [2.05, 4.69) is 19.6 Å². The van der Waals surface area contributed by atoms with Crippen LogP contribution in [0.25, 0.3) is 0 Å². The van der Waals surface area contributed by atoms with Crippen molar-refractivity contribution >= 4 is 18.2 Å². The molecule has 5 heteroatoms. The molecule has 16 heavy (non-hydrogen) atoms. The zero-order valence-electron chi connectivity index (χ0n) is 9.48. The van der Waals surface area contributed by atoms with Gasteiger partial charge in [-0.05, 0) is 10.8 Å². The number of hydrogen-bond donors (Lipinski definition) is 1. The molecule has 0 aliphatic heterocycles. The third kappa shape index (κ3) is 1.75. The van der Waals surface area contributed by atoms with E-state index in [1.54, 1.807) is 12.2 Å². The van der Waals surface area contributed by atoms with Crippen molar-refractivity contribution in [3.8, 4) is 0 Å². The molecule has 0 aromatic rings. The van der Waals surface area contributed by atoms with Crippen molar-refractivity contribution in [3.63, 3.8) is 0 Å². The molecule has 2 aliphatic carbocycles. The lowest BCUT2D eigenvalue weighted by Gasteiger charge is -2.18. The molecule has 86 valence electrons. The standard InChI is InChI=1S/C11H14O3SSi/c1-16(2,3)10-7-8-5-4-6-9(8)11(10)15(12,13)14/h4-7H,1-3H3,(H,12,13,14). The zero-order chi connectivity index (χ0) is 12.1. The van der Waals surface area contributed by atoms with E-state index in [4.69, 9.17) is 0 Å². The van der Waals surface area contributed by atoms with Crippen LogP contribution in [-0.2, 0) is 10.1 Å². The molecule has 0 aromatic carbocycles. The Balaban J connectivity index is 2.69. The van der Waals surface area contributed by atoms with Gasteiger partial charge in [-0.2, -0.15) is 8.42 Å². The molecule has 2 aliphatic rings. The second-order valence-electron chi connectivity index (χ2n) is 5.01. The molecule has 0 saturated carbocycles. The summed E-state index contributed by atoms with van der Waals surface area (Å²) >= 11 is 0. The largest absolute Gasteiger partial charge is 0.295 e. The highest BCUT2D eigenvalue weighted by atomic mass is 32.2. The van der Waals surface area contributed by atoms with Crippen LogP contribution in [0.5, 0.6) is 0 Å². The van der Waals surface area contributed by atoms with E-state index >= 15 is 0 Å². The van der Waals surface area contributed by atoms with Gasteiger partial charge in [-0.25, -0.2) is 0 Å². The van der Waals surface area contributed by atoms with Crippen LogP contribution in [0.1, 0.15) is 0 Å². The number of fused-ring (bicyclic) bond motifs is 1. The summed E-state index contributed by atoms with van der Waals surface area (Å²) in [5, 5.41) is 0.806. The Kier molecular flexibility index (Phi) is 2.38. The van der Waals surface area contributed by atoms with Gasteiger partial charge >= 0.3 is 0 Å². The van der Waals surface area contributed by atoms with Crippen LogP contribution in [0.4, 0.5) is 0 Å². The Labute approximate surface area is 96.6 Å². The molecule has 3 nitrogen and oxygen atoms in total. The van der Waals surface area contributed by atoms with Gasteiger partial charge in [0.05, 0.1) is 8.07 Å². The fourth-order valence-electron chi connectivity index (χ4n) is 1.97. The molecular weight excluding hydrogens is 240 g/mol. The van der Waals surface area contributed by atoms with Crippen molar-refractivity contribution in [2.75, 3.05) is 0 Å². The van der Waals surface area contributed by atoms with Gasteiger partial charge in [-0.1, -0.05) is 43.9 Å². The van der Waals surface area contributed by atoms with Gasteiger partial charge in [-0.15, -0.1) is 0 Å². The summed E-state index contributed by atoms with van der Waals surface area (Å²) < 4.78 is 32.2. The normalized spacial score (nSPS) is 20.0. The van der Waals surface area contributed by atoms with Crippen LogP contribution < -0.4 is 0 Å². The van der Waals surface area contributed by atoms with Gasteiger partial charge in [0.15, 0.2) is 0 Å². The molecule has 0 atom stereocenters. The topological polar surface area (TPSA) is 54.4 Å². The fourth-order valence-corrected chi connectivity index (χ4v) is 5.48. The summed E-state index contributed by atoms with van der Waals surface area (Å²) in [5.74, 6) is 0. The van der Waals surface area contributed by atoms with Gasteiger partial charge < -0.3 is 0 Å². The predicted molar refractivity (Wildman–Crippen MR) is 67.2 cm³/mol. The number of rotatable bonds is 2. The molecule has 0 bridgehead atoms. The minimum atomic E-state index is -4.14. The van der Waals surface area contributed by atoms with Crippen LogP contribution >= 0.6 is 0 Å². The van der Waals surface area contributed by atoms with Crippen LogP contribution in [-0.4, -0.2) is 21.0 Å². The monoisotopic (exact) mass is 254 g/mol. The average molecular weight is 254 g/mol. The van der Waals surface area contributed by atoms with Gasteiger partial charge in [0.2, 0.25) is 0 Å². The van der Waals surface area contributed by atoms with E-state index in [1.807, 2.05) is 12.2 Å². The lowest BCUT2D eigenvalue weighted by molar-refractivity contribution is 0.491. The molecule has 1 N–H and O–H groups in total. The Bertz CT molecular complexity index is 569. The van der Waals surface area contributed by atoms with E-state index in [0.29, 0.717) is 5.57 Å². The highest BCUT2D eigenvalue weighted by molar-refractivity contribution is 7.90. The number of hydrogen-bond acceptors (Lipinski definition) is 2. The Morgan fingerprint density at radius 1 is 1.25 bits per heavy atom. The third-order valence-electron chi connectivity index (χ3n) is 2.70. The molecule has 0 fully saturated rings. The molecule has 2 rings (SSSR count). The predicted octanol–water partition coefficient (Wildman–Crippen LogP) is 2.44. The maximum Gasteiger partial charge on any atom is 0.295 e. The molecule has 0 aromatic heterocycles. The van der Waals surface area contributed by atoms with Crippen molar-refractivity contribution in [3.05, 3.63) is 45.6 Å². The Morgan fingerprint density at radius 3 is 2.38 bits per heavy atom. The van der Waals surface area contributed by atoms with E-state index in [9.17, 15) is 13.0 Å². The second kappa shape index (κ2) is 3.29. The highest BCUT2D eigenvalue weighted by Crippen LogP contribution is 2.41. The quantitative estimate of drug-likeness (QED) is 0.608. The van der Waals surface area contributed by atoms with Gasteiger partial charge in [0.25, 0.3) is 10.1 Å². The molecule has 0 radical (unpaired) electrons. The summed E-state index contributed by atoms with van der Waals surface area (Å²) in [5.41, 5.74) is 1.53. The smallest absolute Gasteiger partial charge is 0.282 e. The van der Waals surface area contributed by atoms with E-state index in [1.165, 1.54) is 0 Å². The van der Waals surface area contributed by atoms with Crippen LogP contribution in [0.2, 0.25) is 19.6 Å². The summed E-state index contributed by atoms with van der Waals surface area (Å²) in [4.78, 5) is 0.117.